The number of aliphatic carboxylic acids is 1. The molecule has 0 bridgehead atoms. The molecule has 0 aliphatic carbocycles. The fourth-order valence-electron chi connectivity index (χ4n) is 1.79. The van der Waals surface area contributed by atoms with Gasteiger partial charge < -0.3 is 25.6 Å². The van der Waals surface area contributed by atoms with Gasteiger partial charge in [0.05, 0.1) is 0 Å². The monoisotopic (exact) mass is 280 g/mol. The van der Waals surface area contributed by atoms with Crippen LogP contribution in [0.4, 0.5) is 0 Å². The zero-order valence-corrected chi connectivity index (χ0v) is 10.8. The van der Waals surface area contributed by atoms with E-state index in [4.69, 9.17) is 20.3 Å². The Morgan fingerprint density at radius 1 is 1.35 bits per heavy atom. The summed E-state index contributed by atoms with van der Waals surface area (Å²) in [6.45, 7) is 0.530. The van der Waals surface area contributed by atoms with Crippen molar-refractivity contribution in [1.29, 1.82) is 0 Å². The van der Waals surface area contributed by atoms with Crippen LogP contribution >= 0.6 is 0 Å². The fourth-order valence-corrected chi connectivity index (χ4v) is 1.79. The average Bonchev–Trinajstić information content (AvgIpc) is 2.90. The minimum atomic E-state index is -1.04. The normalized spacial score (nSPS) is 13.8. The van der Waals surface area contributed by atoms with Crippen molar-refractivity contribution in [3.63, 3.8) is 0 Å². The summed E-state index contributed by atoms with van der Waals surface area (Å²) >= 11 is 0. The number of nitrogens with two attached hydrogens (primary N) is 1. The summed E-state index contributed by atoms with van der Waals surface area (Å²) in [6.07, 6.45) is 0.820. The molecule has 4 N–H and O–H groups in total. The van der Waals surface area contributed by atoms with E-state index in [1.807, 2.05) is 0 Å². The maximum absolute atomic E-state index is 11.9. The number of fused-ring (bicyclic) bond motifs is 1. The average molecular weight is 280 g/mol. The van der Waals surface area contributed by atoms with Crippen LogP contribution in [0.25, 0.3) is 0 Å². The highest BCUT2D eigenvalue weighted by molar-refractivity contribution is 5.94. The van der Waals surface area contributed by atoms with Gasteiger partial charge in [-0.05, 0) is 31.0 Å². The summed E-state index contributed by atoms with van der Waals surface area (Å²) in [6, 6.07) is 4.04. The molecule has 1 amide bonds. The van der Waals surface area contributed by atoms with Crippen LogP contribution in [0, 0.1) is 0 Å². The standard InChI is InChI=1S/C13H16N2O5/c14-9(13(17)18)2-1-5-15-12(16)8-3-4-10-11(6-8)20-7-19-10/h3-4,6,9H,1-2,5,7,14H2,(H,15,16)(H,17,18). The zero-order valence-electron chi connectivity index (χ0n) is 10.8. The Hall–Kier alpha value is -2.28. The van der Waals surface area contributed by atoms with Crippen molar-refractivity contribution in [3.8, 4) is 11.5 Å². The Bertz CT molecular complexity index is 517. The molecule has 1 aromatic carbocycles. The first-order chi connectivity index (χ1) is 9.58. The number of rotatable bonds is 6. The van der Waals surface area contributed by atoms with E-state index in [9.17, 15) is 9.59 Å². The highest BCUT2D eigenvalue weighted by Gasteiger charge is 2.16. The van der Waals surface area contributed by atoms with Crippen molar-refractivity contribution in [2.45, 2.75) is 18.9 Å². The summed E-state index contributed by atoms with van der Waals surface area (Å²) in [5.74, 6) is -0.112. The molecule has 7 heteroatoms. The molecule has 2 rings (SSSR count). The van der Waals surface area contributed by atoms with Crippen LogP contribution in [0.1, 0.15) is 23.2 Å². The molecule has 0 saturated heterocycles. The van der Waals surface area contributed by atoms with Crippen molar-refractivity contribution in [3.05, 3.63) is 23.8 Å². The minimum Gasteiger partial charge on any atom is -0.480 e. The van der Waals surface area contributed by atoms with Gasteiger partial charge in [0.1, 0.15) is 6.04 Å². The lowest BCUT2D eigenvalue weighted by molar-refractivity contribution is -0.138. The van der Waals surface area contributed by atoms with Crippen molar-refractivity contribution in [2.75, 3.05) is 13.3 Å². The number of hydrogen-bond donors (Lipinski definition) is 3. The molecule has 0 spiro atoms. The zero-order chi connectivity index (χ0) is 14.5. The van der Waals surface area contributed by atoms with Crippen LogP contribution in [-0.2, 0) is 4.79 Å². The Balaban J connectivity index is 1.79. The van der Waals surface area contributed by atoms with E-state index in [-0.39, 0.29) is 12.7 Å². The van der Waals surface area contributed by atoms with E-state index in [1.54, 1.807) is 18.2 Å². The molecule has 0 saturated carbocycles. The molecule has 1 aliphatic rings. The Morgan fingerprint density at radius 3 is 2.85 bits per heavy atom. The number of carbonyl (C=O) groups is 2. The van der Waals surface area contributed by atoms with E-state index in [0.29, 0.717) is 36.4 Å². The van der Waals surface area contributed by atoms with Crippen LogP contribution in [0.15, 0.2) is 18.2 Å². The Kier molecular flexibility index (Phi) is 4.41. The Labute approximate surface area is 115 Å². The van der Waals surface area contributed by atoms with Crippen molar-refractivity contribution in [2.24, 2.45) is 5.73 Å². The number of ether oxygens (including phenoxy) is 2. The second kappa shape index (κ2) is 6.25. The summed E-state index contributed by atoms with van der Waals surface area (Å²) in [5.41, 5.74) is 5.83. The molecule has 7 nitrogen and oxygen atoms in total. The number of hydrogen-bond acceptors (Lipinski definition) is 5. The van der Waals surface area contributed by atoms with Gasteiger partial charge in [0.2, 0.25) is 6.79 Å². The van der Waals surface area contributed by atoms with Crippen LogP contribution in [0.5, 0.6) is 11.5 Å². The lowest BCUT2D eigenvalue weighted by atomic mass is 10.1. The molecule has 0 radical (unpaired) electrons. The van der Waals surface area contributed by atoms with Gasteiger partial charge in [0.15, 0.2) is 11.5 Å². The van der Waals surface area contributed by atoms with Gasteiger partial charge >= 0.3 is 5.97 Å². The van der Waals surface area contributed by atoms with Gasteiger partial charge in [0, 0.05) is 12.1 Å². The van der Waals surface area contributed by atoms with Gasteiger partial charge in [-0.2, -0.15) is 0 Å². The Morgan fingerprint density at radius 2 is 2.10 bits per heavy atom. The second-order valence-electron chi connectivity index (χ2n) is 4.41. The number of carboxylic acids is 1. The maximum atomic E-state index is 11.9. The van der Waals surface area contributed by atoms with Crippen LogP contribution in [-0.4, -0.2) is 36.4 Å². The molecule has 0 fully saturated rings. The fraction of sp³-hybridized carbons (Fsp3) is 0.385. The predicted octanol–water partition coefficient (Wildman–Crippen LogP) is 0.337. The highest BCUT2D eigenvalue weighted by atomic mass is 16.7. The quantitative estimate of drug-likeness (QED) is 0.648. The SMILES string of the molecule is NC(CCCNC(=O)c1ccc2c(c1)OCO2)C(=O)O. The first kappa shape index (κ1) is 14.1. The summed E-state index contributed by atoms with van der Waals surface area (Å²) in [5, 5.41) is 11.3. The van der Waals surface area contributed by atoms with Gasteiger partial charge in [-0.25, -0.2) is 0 Å². The van der Waals surface area contributed by atoms with E-state index >= 15 is 0 Å². The lowest BCUT2D eigenvalue weighted by Crippen LogP contribution is -2.32. The van der Waals surface area contributed by atoms with Crippen LogP contribution < -0.4 is 20.5 Å². The highest BCUT2D eigenvalue weighted by Crippen LogP contribution is 2.32. The predicted molar refractivity (Wildman–Crippen MR) is 69.7 cm³/mol. The van der Waals surface area contributed by atoms with Gasteiger partial charge in [-0.3, -0.25) is 9.59 Å². The van der Waals surface area contributed by atoms with Crippen LogP contribution in [0.2, 0.25) is 0 Å². The molecule has 20 heavy (non-hydrogen) atoms. The van der Waals surface area contributed by atoms with E-state index in [2.05, 4.69) is 5.32 Å². The maximum Gasteiger partial charge on any atom is 0.320 e. The largest absolute Gasteiger partial charge is 0.480 e. The van der Waals surface area contributed by atoms with Gasteiger partial charge in [-0.1, -0.05) is 0 Å². The third kappa shape index (κ3) is 3.39. The molecule has 1 atom stereocenters. The molecule has 1 heterocycles. The van der Waals surface area contributed by atoms with Gasteiger partial charge in [-0.15, -0.1) is 0 Å². The molecule has 1 unspecified atom stereocenters. The van der Waals surface area contributed by atoms with Crippen molar-refractivity contribution >= 4 is 11.9 Å². The van der Waals surface area contributed by atoms with E-state index in [1.165, 1.54) is 0 Å². The topological polar surface area (TPSA) is 111 Å². The van der Waals surface area contributed by atoms with E-state index in [0.717, 1.165) is 0 Å². The summed E-state index contributed by atoms with van der Waals surface area (Å²) in [4.78, 5) is 22.4. The number of carboxylic acid groups (broad SMARTS) is 1. The third-order valence-corrected chi connectivity index (χ3v) is 2.93. The minimum absolute atomic E-state index is 0.160. The first-order valence-electron chi connectivity index (χ1n) is 6.24. The smallest absolute Gasteiger partial charge is 0.320 e. The van der Waals surface area contributed by atoms with Crippen LogP contribution in [0.3, 0.4) is 0 Å². The third-order valence-electron chi connectivity index (χ3n) is 2.93. The number of carbonyl (C=O) groups excluding carboxylic acids is 1. The van der Waals surface area contributed by atoms with Gasteiger partial charge in [0.25, 0.3) is 5.91 Å². The first-order valence-corrected chi connectivity index (χ1v) is 6.24. The summed E-state index contributed by atoms with van der Waals surface area (Å²) in [7, 11) is 0. The molecule has 1 aliphatic heterocycles. The number of nitrogens with one attached hydrogen (secondary N) is 1. The number of benzene rings is 1. The molecular formula is C13H16N2O5. The van der Waals surface area contributed by atoms with Crippen molar-refractivity contribution in [1.82, 2.24) is 5.32 Å². The second-order valence-corrected chi connectivity index (χ2v) is 4.41. The molecule has 1 aromatic rings. The number of amides is 1. The molecule has 108 valence electrons. The van der Waals surface area contributed by atoms with E-state index < -0.39 is 12.0 Å². The molecular weight excluding hydrogens is 264 g/mol. The summed E-state index contributed by atoms with van der Waals surface area (Å²) < 4.78 is 10.3. The molecule has 0 aromatic heterocycles. The van der Waals surface area contributed by atoms with Crippen molar-refractivity contribution < 1.29 is 24.2 Å². The lowest BCUT2D eigenvalue weighted by Gasteiger charge is -2.08.